The zero-order chi connectivity index (χ0) is 8.81. The van der Waals surface area contributed by atoms with Gasteiger partial charge in [0.25, 0.3) is 0 Å². The predicted molar refractivity (Wildman–Crippen MR) is 51.1 cm³/mol. The molecule has 0 atom stereocenters. The summed E-state index contributed by atoms with van der Waals surface area (Å²) in [5, 5.41) is 2.75. The normalized spacial score (nSPS) is 9.17. The second kappa shape index (κ2) is 4.51. The van der Waals surface area contributed by atoms with Crippen LogP contribution in [0.3, 0.4) is 0 Å². The molecular weight excluding hydrogens is 150 g/mol. The third-order valence-corrected chi connectivity index (χ3v) is 1.33. The minimum Gasteiger partial charge on any atom is -0.345 e. The van der Waals surface area contributed by atoms with E-state index < -0.39 is 0 Å². The highest BCUT2D eigenvalue weighted by atomic mass is 14.9. The number of aromatic nitrogens is 2. The van der Waals surface area contributed by atoms with Crippen LogP contribution < -0.4 is 5.32 Å². The molecule has 2 rings (SSSR count). The van der Waals surface area contributed by atoms with Crippen LogP contribution in [0.5, 0.6) is 0 Å². The quantitative estimate of drug-likeness (QED) is 0.616. The topological polar surface area (TPSA) is 40.7 Å². The Kier molecular flexibility index (Phi) is 3.29. The van der Waals surface area contributed by atoms with Gasteiger partial charge in [0.05, 0.1) is 17.4 Å². The van der Waals surface area contributed by atoms with Crippen molar-refractivity contribution in [2.24, 2.45) is 0 Å². The molecule has 0 aliphatic heterocycles. The van der Waals surface area contributed by atoms with E-state index in [4.69, 9.17) is 0 Å². The molecule has 2 aromatic rings. The van der Waals surface area contributed by atoms with Crippen molar-refractivity contribution in [1.82, 2.24) is 15.3 Å². The van der Waals surface area contributed by atoms with Crippen molar-refractivity contribution in [3.05, 3.63) is 30.6 Å². The van der Waals surface area contributed by atoms with Crippen molar-refractivity contribution in [3.63, 3.8) is 0 Å². The molecule has 3 heteroatoms. The Labute approximate surface area is 71.8 Å². The van der Waals surface area contributed by atoms with Crippen molar-refractivity contribution in [2.75, 3.05) is 14.1 Å². The summed E-state index contributed by atoms with van der Waals surface area (Å²) in [4.78, 5) is 7.07. The first-order chi connectivity index (χ1) is 5.88. The molecule has 0 saturated carbocycles. The number of rotatable bonds is 0. The highest BCUT2D eigenvalue weighted by molar-refractivity contribution is 5.73. The zero-order valence-corrected chi connectivity index (χ0v) is 7.33. The van der Waals surface area contributed by atoms with Gasteiger partial charge in [-0.1, -0.05) is 12.1 Å². The summed E-state index contributed by atoms with van der Waals surface area (Å²) in [6, 6.07) is 7.94. The number of aromatic amines is 1. The predicted octanol–water partition coefficient (Wildman–Crippen LogP) is 1.40. The number of hydrogen-bond acceptors (Lipinski definition) is 2. The van der Waals surface area contributed by atoms with Crippen molar-refractivity contribution in [1.29, 1.82) is 0 Å². The summed E-state index contributed by atoms with van der Waals surface area (Å²) in [5.74, 6) is 0. The number of nitrogens with zero attached hydrogens (tertiary/aromatic N) is 1. The van der Waals surface area contributed by atoms with Gasteiger partial charge in [0, 0.05) is 0 Å². The number of benzene rings is 1. The Hall–Kier alpha value is -1.35. The van der Waals surface area contributed by atoms with Crippen molar-refractivity contribution in [2.45, 2.75) is 0 Å². The van der Waals surface area contributed by atoms with Crippen LogP contribution in [0.4, 0.5) is 0 Å². The fourth-order valence-electron chi connectivity index (χ4n) is 0.880. The number of fused-ring (bicyclic) bond motifs is 1. The average molecular weight is 163 g/mol. The Balaban J connectivity index is 0.000000213. The van der Waals surface area contributed by atoms with Crippen LogP contribution in [-0.2, 0) is 0 Å². The van der Waals surface area contributed by atoms with Gasteiger partial charge in [-0.05, 0) is 26.2 Å². The summed E-state index contributed by atoms with van der Waals surface area (Å²) < 4.78 is 0. The molecule has 0 unspecified atom stereocenters. The molecule has 0 saturated heterocycles. The van der Waals surface area contributed by atoms with Crippen LogP contribution in [0, 0.1) is 0 Å². The number of hydrogen-bond donors (Lipinski definition) is 2. The fraction of sp³-hybridized carbons (Fsp3) is 0.222. The molecule has 3 nitrogen and oxygen atoms in total. The number of H-pyrrole nitrogens is 1. The molecule has 1 heterocycles. The number of imidazole rings is 1. The molecule has 0 spiro atoms. The van der Waals surface area contributed by atoms with Crippen LogP contribution in [0.1, 0.15) is 0 Å². The summed E-state index contributed by atoms with van der Waals surface area (Å²) in [7, 11) is 3.75. The van der Waals surface area contributed by atoms with Crippen LogP contribution in [0.2, 0.25) is 0 Å². The average Bonchev–Trinajstić information content (AvgIpc) is 2.52. The van der Waals surface area contributed by atoms with Gasteiger partial charge in [-0.3, -0.25) is 0 Å². The Morgan fingerprint density at radius 1 is 1.25 bits per heavy atom. The SMILES string of the molecule is CNC.c1ccc2[nH]cnc2c1. The lowest BCUT2D eigenvalue weighted by molar-refractivity contribution is 1.02. The Bertz CT molecular complexity index is 297. The lowest BCUT2D eigenvalue weighted by atomic mass is 10.3. The van der Waals surface area contributed by atoms with Gasteiger partial charge in [0.1, 0.15) is 0 Å². The smallest absolute Gasteiger partial charge is 0.0931 e. The van der Waals surface area contributed by atoms with Crippen molar-refractivity contribution < 1.29 is 0 Å². The molecule has 0 radical (unpaired) electrons. The standard InChI is InChI=1S/C7H6N2.C2H7N/c1-2-4-7-6(3-1)8-5-9-7;1-3-2/h1-5H,(H,8,9);3H,1-2H3. The first kappa shape index (κ1) is 8.74. The Morgan fingerprint density at radius 2 is 1.92 bits per heavy atom. The molecule has 0 aliphatic rings. The summed E-state index contributed by atoms with van der Waals surface area (Å²) in [5.41, 5.74) is 2.12. The van der Waals surface area contributed by atoms with Crippen molar-refractivity contribution in [3.8, 4) is 0 Å². The van der Waals surface area contributed by atoms with Gasteiger partial charge in [0.2, 0.25) is 0 Å². The van der Waals surface area contributed by atoms with Crippen LogP contribution in [0.25, 0.3) is 11.0 Å². The molecule has 64 valence electrons. The molecule has 2 N–H and O–H groups in total. The molecule has 1 aromatic heterocycles. The summed E-state index contributed by atoms with van der Waals surface area (Å²) >= 11 is 0. The monoisotopic (exact) mass is 163 g/mol. The van der Waals surface area contributed by atoms with E-state index in [0.717, 1.165) is 11.0 Å². The minimum absolute atomic E-state index is 1.03. The molecule has 0 aliphatic carbocycles. The maximum Gasteiger partial charge on any atom is 0.0931 e. The van der Waals surface area contributed by atoms with E-state index in [2.05, 4.69) is 15.3 Å². The van der Waals surface area contributed by atoms with Gasteiger partial charge in [0.15, 0.2) is 0 Å². The van der Waals surface area contributed by atoms with Crippen LogP contribution >= 0.6 is 0 Å². The fourth-order valence-corrected chi connectivity index (χ4v) is 0.880. The van der Waals surface area contributed by atoms with Gasteiger partial charge in [-0.2, -0.15) is 0 Å². The first-order valence-electron chi connectivity index (χ1n) is 3.85. The molecule has 0 bridgehead atoms. The highest BCUT2D eigenvalue weighted by Gasteiger charge is 1.88. The van der Waals surface area contributed by atoms with Gasteiger partial charge in [-0.15, -0.1) is 0 Å². The summed E-state index contributed by atoms with van der Waals surface area (Å²) in [6.45, 7) is 0. The third kappa shape index (κ3) is 2.07. The lowest BCUT2D eigenvalue weighted by Gasteiger charge is -1.81. The first-order valence-corrected chi connectivity index (χ1v) is 3.85. The van der Waals surface area contributed by atoms with Crippen molar-refractivity contribution >= 4 is 11.0 Å². The largest absolute Gasteiger partial charge is 0.345 e. The third-order valence-electron chi connectivity index (χ3n) is 1.33. The van der Waals surface area contributed by atoms with Gasteiger partial charge >= 0.3 is 0 Å². The van der Waals surface area contributed by atoms with E-state index in [-0.39, 0.29) is 0 Å². The Morgan fingerprint density at radius 3 is 2.58 bits per heavy atom. The molecule has 1 aromatic carbocycles. The maximum atomic E-state index is 4.06. The second-order valence-corrected chi connectivity index (χ2v) is 2.42. The maximum absolute atomic E-state index is 4.06. The van der Waals surface area contributed by atoms with E-state index >= 15 is 0 Å². The second-order valence-electron chi connectivity index (χ2n) is 2.42. The van der Waals surface area contributed by atoms with E-state index in [1.165, 1.54) is 0 Å². The lowest BCUT2D eigenvalue weighted by Crippen LogP contribution is -1.89. The summed E-state index contributed by atoms with van der Waals surface area (Å²) in [6.07, 6.45) is 1.70. The molecular formula is C9H13N3. The van der Waals surface area contributed by atoms with Crippen LogP contribution in [-0.4, -0.2) is 24.1 Å². The van der Waals surface area contributed by atoms with Gasteiger partial charge < -0.3 is 10.3 Å². The van der Waals surface area contributed by atoms with E-state index in [0.29, 0.717) is 0 Å². The molecule has 12 heavy (non-hydrogen) atoms. The minimum atomic E-state index is 1.03. The van der Waals surface area contributed by atoms with Crippen LogP contribution in [0.15, 0.2) is 30.6 Å². The molecule has 0 fully saturated rings. The van der Waals surface area contributed by atoms with E-state index in [1.54, 1.807) is 6.33 Å². The molecule has 0 amide bonds. The van der Waals surface area contributed by atoms with E-state index in [1.807, 2.05) is 38.4 Å². The number of nitrogens with one attached hydrogen (secondary N) is 2. The highest BCUT2D eigenvalue weighted by Crippen LogP contribution is 2.05. The van der Waals surface area contributed by atoms with E-state index in [9.17, 15) is 0 Å². The zero-order valence-electron chi connectivity index (χ0n) is 7.33. The number of para-hydroxylation sites is 2. The van der Waals surface area contributed by atoms with Gasteiger partial charge in [-0.25, -0.2) is 4.98 Å².